The molecule has 0 atom stereocenters. The average molecular weight is 333 g/mol. The van der Waals surface area contributed by atoms with Gasteiger partial charge >= 0.3 is 0 Å². The first-order valence-corrected chi connectivity index (χ1v) is 8.35. The van der Waals surface area contributed by atoms with Crippen LogP contribution >= 0.6 is 12.2 Å². The van der Waals surface area contributed by atoms with Gasteiger partial charge in [0.05, 0.1) is 17.1 Å². The molecule has 5 rings (SSSR count). The lowest BCUT2D eigenvalue weighted by Crippen LogP contribution is -2.10. The lowest BCUT2D eigenvalue weighted by atomic mass is 9.99. The zero-order valence-electron chi connectivity index (χ0n) is 12.8. The SMILES string of the molecule is Oc1ccc(-c2[nH]c(=S)n3c2-c2[nH]c4ccccc4c2CC3)cc1. The summed E-state index contributed by atoms with van der Waals surface area (Å²) in [5.41, 5.74) is 6.74. The third-order valence-corrected chi connectivity index (χ3v) is 5.10. The molecule has 0 aliphatic carbocycles. The fourth-order valence-corrected chi connectivity index (χ4v) is 3.95. The van der Waals surface area contributed by atoms with E-state index in [-0.39, 0.29) is 5.75 Å². The van der Waals surface area contributed by atoms with Crippen LogP contribution in [-0.4, -0.2) is 19.6 Å². The van der Waals surface area contributed by atoms with Gasteiger partial charge in [0.25, 0.3) is 0 Å². The zero-order chi connectivity index (χ0) is 16.3. The number of aromatic amines is 2. The first-order chi connectivity index (χ1) is 11.7. The van der Waals surface area contributed by atoms with E-state index in [2.05, 4.69) is 38.8 Å². The van der Waals surface area contributed by atoms with Crippen molar-refractivity contribution in [1.29, 1.82) is 0 Å². The normalized spacial score (nSPS) is 13.0. The van der Waals surface area contributed by atoms with Crippen LogP contribution in [0.5, 0.6) is 5.75 Å². The highest BCUT2D eigenvalue weighted by Gasteiger charge is 2.25. The summed E-state index contributed by atoms with van der Waals surface area (Å²) < 4.78 is 2.90. The Hall–Kier alpha value is -2.79. The maximum Gasteiger partial charge on any atom is 0.178 e. The minimum Gasteiger partial charge on any atom is -0.508 e. The van der Waals surface area contributed by atoms with Gasteiger partial charge in [0.15, 0.2) is 4.77 Å². The molecule has 118 valence electrons. The van der Waals surface area contributed by atoms with Gasteiger partial charge in [-0.05, 0) is 54.5 Å². The number of phenolic OH excluding ortho intramolecular Hbond substituents is 1. The minimum atomic E-state index is 0.261. The van der Waals surface area contributed by atoms with Crippen molar-refractivity contribution in [3.63, 3.8) is 0 Å². The van der Waals surface area contributed by atoms with E-state index < -0.39 is 0 Å². The maximum absolute atomic E-state index is 9.56. The molecule has 24 heavy (non-hydrogen) atoms. The first-order valence-electron chi connectivity index (χ1n) is 7.94. The Morgan fingerprint density at radius 2 is 1.75 bits per heavy atom. The second-order valence-corrected chi connectivity index (χ2v) is 6.51. The van der Waals surface area contributed by atoms with Crippen LogP contribution in [0.15, 0.2) is 48.5 Å². The third kappa shape index (κ3) is 1.82. The molecule has 0 unspecified atom stereocenters. The van der Waals surface area contributed by atoms with Gasteiger partial charge in [-0.25, -0.2) is 0 Å². The molecule has 2 aromatic carbocycles. The van der Waals surface area contributed by atoms with Crippen LogP contribution in [0.25, 0.3) is 33.5 Å². The topological polar surface area (TPSA) is 56.7 Å². The number of phenols is 1. The van der Waals surface area contributed by atoms with Crippen molar-refractivity contribution < 1.29 is 5.11 Å². The molecule has 3 heterocycles. The number of hydrogen-bond donors (Lipinski definition) is 3. The number of nitrogens with zero attached hydrogens (tertiary/aromatic N) is 1. The van der Waals surface area contributed by atoms with Gasteiger partial charge in [0, 0.05) is 23.0 Å². The Kier molecular flexibility index (Phi) is 2.76. The molecule has 1 aliphatic rings. The smallest absolute Gasteiger partial charge is 0.178 e. The number of rotatable bonds is 1. The molecule has 4 aromatic rings. The number of aryl methyl sites for hydroxylation is 1. The number of H-pyrrole nitrogens is 2. The Balaban J connectivity index is 1.83. The van der Waals surface area contributed by atoms with Crippen LogP contribution in [0, 0.1) is 4.77 Å². The largest absolute Gasteiger partial charge is 0.508 e. The van der Waals surface area contributed by atoms with Crippen LogP contribution in [-0.2, 0) is 13.0 Å². The number of imidazole rings is 1. The molecule has 0 bridgehead atoms. The van der Waals surface area contributed by atoms with Crippen LogP contribution in [0.4, 0.5) is 0 Å². The molecule has 0 fully saturated rings. The number of para-hydroxylation sites is 1. The maximum atomic E-state index is 9.56. The van der Waals surface area contributed by atoms with E-state index in [0.717, 1.165) is 45.9 Å². The number of hydrogen-bond acceptors (Lipinski definition) is 2. The molecule has 1 aliphatic heterocycles. The Bertz CT molecular complexity index is 1130. The van der Waals surface area contributed by atoms with Crippen molar-refractivity contribution >= 4 is 23.1 Å². The van der Waals surface area contributed by atoms with Crippen molar-refractivity contribution in [2.24, 2.45) is 0 Å². The molecule has 0 radical (unpaired) electrons. The van der Waals surface area contributed by atoms with E-state index >= 15 is 0 Å². The van der Waals surface area contributed by atoms with Gasteiger partial charge in [0.1, 0.15) is 5.75 Å². The quantitative estimate of drug-likeness (QED) is 0.445. The minimum absolute atomic E-state index is 0.261. The lowest BCUT2D eigenvalue weighted by Gasteiger charge is -2.17. The average Bonchev–Trinajstić information content (AvgIpc) is 3.14. The van der Waals surface area contributed by atoms with E-state index in [9.17, 15) is 5.11 Å². The summed E-state index contributed by atoms with van der Waals surface area (Å²) in [6, 6.07) is 15.6. The number of aromatic hydroxyl groups is 1. The van der Waals surface area contributed by atoms with Gasteiger partial charge in [-0.3, -0.25) is 0 Å². The van der Waals surface area contributed by atoms with Gasteiger partial charge in [-0.15, -0.1) is 0 Å². The van der Waals surface area contributed by atoms with E-state index in [1.807, 2.05) is 12.1 Å². The summed E-state index contributed by atoms with van der Waals surface area (Å²) >= 11 is 5.54. The van der Waals surface area contributed by atoms with Crippen molar-refractivity contribution in [1.82, 2.24) is 14.5 Å². The number of aromatic nitrogens is 3. The molecule has 0 saturated carbocycles. The van der Waals surface area contributed by atoms with E-state index in [0.29, 0.717) is 0 Å². The van der Waals surface area contributed by atoms with E-state index in [4.69, 9.17) is 12.2 Å². The predicted molar refractivity (Wildman–Crippen MR) is 97.7 cm³/mol. The summed E-state index contributed by atoms with van der Waals surface area (Å²) in [7, 11) is 0. The molecular weight excluding hydrogens is 318 g/mol. The summed E-state index contributed by atoms with van der Waals surface area (Å²) in [5.74, 6) is 0.261. The molecule has 3 N–H and O–H groups in total. The lowest BCUT2D eigenvalue weighted by molar-refractivity contribution is 0.475. The molecule has 5 heteroatoms. The number of nitrogens with one attached hydrogen (secondary N) is 2. The van der Waals surface area contributed by atoms with Crippen molar-refractivity contribution in [2.45, 2.75) is 13.0 Å². The monoisotopic (exact) mass is 333 g/mol. The van der Waals surface area contributed by atoms with Crippen molar-refractivity contribution in [3.05, 3.63) is 58.9 Å². The standard InChI is InChI=1S/C19H15N3OS/c23-12-7-5-11(6-8-12)16-18-17-14(9-10-22(18)19(24)21-16)13-3-1-2-4-15(13)20-17/h1-8,20,23H,9-10H2,(H,21,24). The molecule has 4 nitrogen and oxygen atoms in total. The molecule has 0 saturated heterocycles. The van der Waals surface area contributed by atoms with Crippen LogP contribution < -0.4 is 0 Å². The fraction of sp³-hybridized carbons (Fsp3) is 0.105. The highest BCUT2D eigenvalue weighted by molar-refractivity contribution is 7.71. The summed E-state index contributed by atoms with van der Waals surface area (Å²) in [6.45, 7) is 0.873. The highest BCUT2D eigenvalue weighted by atomic mass is 32.1. The Morgan fingerprint density at radius 3 is 2.58 bits per heavy atom. The van der Waals surface area contributed by atoms with Crippen LogP contribution in [0.1, 0.15) is 5.56 Å². The molecule has 0 amide bonds. The van der Waals surface area contributed by atoms with Gasteiger partial charge in [0.2, 0.25) is 0 Å². The number of benzene rings is 2. The second-order valence-electron chi connectivity index (χ2n) is 6.13. The number of fused-ring (bicyclic) bond motifs is 5. The Labute approximate surface area is 143 Å². The summed E-state index contributed by atoms with van der Waals surface area (Å²) in [4.78, 5) is 6.92. The van der Waals surface area contributed by atoms with E-state index in [1.54, 1.807) is 12.1 Å². The van der Waals surface area contributed by atoms with Crippen molar-refractivity contribution in [2.75, 3.05) is 0 Å². The zero-order valence-corrected chi connectivity index (χ0v) is 13.7. The highest BCUT2D eigenvalue weighted by Crippen LogP contribution is 2.40. The summed E-state index contributed by atoms with van der Waals surface area (Å²) in [6.07, 6.45) is 0.966. The molecular formula is C19H15N3OS. The van der Waals surface area contributed by atoms with Gasteiger partial charge in [-0.2, -0.15) is 0 Å². The third-order valence-electron chi connectivity index (χ3n) is 4.78. The molecule has 2 aromatic heterocycles. The van der Waals surface area contributed by atoms with Gasteiger partial charge < -0.3 is 19.6 Å². The second kappa shape index (κ2) is 4.85. The fourth-order valence-electron chi connectivity index (χ4n) is 3.67. The van der Waals surface area contributed by atoms with E-state index in [1.165, 1.54) is 10.9 Å². The van der Waals surface area contributed by atoms with Crippen molar-refractivity contribution in [3.8, 4) is 28.4 Å². The van der Waals surface area contributed by atoms with Crippen LogP contribution in [0.3, 0.4) is 0 Å². The Morgan fingerprint density at radius 1 is 0.958 bits per heavy atom. The summed E-state index contributed by atoms with van der Waals surface area (Å²) in [5, 5.41) is 10.8. The van der Waals surface area contributed by atoms with Crippen LogP contribution in [0.2, 0.25) is 0 Å². The first kappa shape index (κ1) is 13.6. The predicted octanol–water partition coefficient (Wildman–Crippen LogP) is 4.62. The van der Waals surface area contributed by atoms with Gasteiger partial charge in [-0.1, -0.05) is 18.2 Å². The molecule has 0 spiro atoms.